The average Bonchev–Trinajstić information content (AvgIpc) is 3.33. The fraction of sp³-hybridized carbons (Fsp3) is 0.919. The number of nitrogens with zero attached hydrogens (tertiary/aromatic N) is 1. The number of likely N-dealkylation sites (N-methyl/N-ethyl adjacent to an activating group) is 1. The van der Waals surface area contributed by atoms with Gasteiger partial charge < -0.3 is 28.8 Å². The number of hydrogen-bond donors (Lipinski definition) is 2. The Morgan fingerprint density at radius 1 is 0.479 bits per heavy atom. The minimum absolute atomic E-state index is 0.000230. The molecule has 0 fully saturated rings. The Kier molecular flexibility index (Phi) is 53.0. The third-order valence-corrected chi connectivity index (χ3v) is 15.4. The summed E-state index contributed by atoms with van der Waals surface area (Å²) >= 11 is 0. The SMILES string of the molecule is CCCCCCCCCCCCCC/C=C\CCCCCCCCCCC(=O)NC(COP(=O)([O-])OCC[N+](C)(C)C)C(O)/C=C/CCCCCCCCCCCCCCCCCCCCCCCCC. The number of rotatable bonds is 58. The number of carbonyl (C=O) groups is 1. The molecule has 0 aliphatic rings. The van der Waals surface area contributed by atoms with Crippen molar-refractivity contribution in [3.8, 4) is 0 Å². The van der Waals surface area contributed by atoms with E-state index in [-0.39, 0.29) is 19.1 Å². The molecule has 0 bridgehead atoms. The molecule has 0 aliphatic carbocycles. The van der Waals surface area contributed by atoms with E-state index in [1.165, 1.54) is 257 Å². The zero-order chi connectivity index (χ0) is 52.0. The van der Waals surface area contributed by atoms with Gasteiger partial charge in [-0.3, -0.25) is 9.36 Å². The van der Waals surface area contributed by atoms with Gasteiger partial charge in [0, 0.05) is 6.42 Å². The summed E-state index contributed by atoms with van der Waals surface area (Å²) in [6.07, 6.45) is 68.4. The minimum atomic E-state index is -4.60. The first kappa shape index (κ1) is 70.0. The Balaban J connectivity index is 4.15. The first-order valence-corrected chi connectivity index (χ1v) is 32.7. The number of quaternary nitrogens is 1. The predicted molar refractivity (Wildman–Crippen MR) is 307 cm³/mol. The standard InChI is InChI=1S/C62H123N2O6P/c1-6-8-10-12-14-16-18-20-22-24-26-28-30-32-33-35-37-39-41-43-45-47-49-51-53-55-61(65)60(59-70-71(67,68)69-58-57-64(3,4)5)63-62(66)56-54-52-50-48-46-44-42-40-38-36-34-31-29-27-25-23-21-19-17-15-13-11-9-7-2/h34,36,53,55,60-61,65H,6-33,35,37-52,54,56-59H2,1-5H3,(H-,63,66,67,68)/b36-34-,55-53+. The van der Waals surface area contributed by atoms with Gasteiger partial charge in [-0.05, 0) is 44.9 Å². The summed E-state index contributed by atoms with van der Waals surface area (Å²) in [5.74, 6) is -0.195. The molecule has 0 spiro atoms. The molecular formula is C62H123N2O6P. The summed E-state index contributed by atoms with van der Waals surface area (Å²) in [6, 6.07) is -0.887. The monoisotopic (exact) mass is 1020 g/mol. The number of allylic oxidation sites excluding steroid dienone is 3. The molecule has 422 valence electrons. The van der Waals surface area contributed by atoms with Crippen LogP contribution in [-0.2, 0) is 18.4 Å². The van der Waals surface area contributed by atoms with E-state index in [0.29, 0.717) is 17.4 Å². The van der Waals surface area contributed by atoms with Gasteiger partial charge in [-0.2, -0.15) is 0 Å². The smallest absolute Gasteiger partial charge is 0.268 e. The van der Waals surface area contributed by atoms with E-state index in [9.17, 15) is 19.4 Å². The van der Waals surface area contributed by atoms with E-state index < -0.39 is 20.0 Å². The lowest BCUT2D eigenvalue weighted by Crippen LogP contribution is -2.45. The fourth-order valence-electron chi connectivity index (χ4n) is 9.50. The summed E-state index contributed by atoms with van der Waals surface area (Å²) in [5, 5.41) is 13.9. The summed E-state index contributed by atoms with van der Waals surface area (Å²) in [4.78, 5) is 25.5. The predicted octanol–water partition coefficient (Wildman–Crippen LogP) is 18.5. The minimum Gasteiger partial charge on any atom is -0.756 e. The molecule has 2 N–H and O–H groups in total. The van der Waals surface area contributed by atoms with Gasteiger partial charge in [0.15, 0.2) is 0 Å². The molecule has 0 saturated carbocycles. The number of aliphatic hydroxyl groups is 1. The summed E-state index contributed by atoms with van der Waals surface area (Å²) < 4.78 is 23.4. The van der Waals surface area contributed by atoms with Crippen LogP contribution in [0.3, 0.4) is 0 Å². The van der Waals surface area contributed by atoms with Crippen LogP contribution in [0.2, 0.25) is 0 Å². The van der Waals surface area contributed by atoms with Crippen molar-refractivity contribution in [2.45, 2.75) is 328 Å². The maximum absolute atomic E-state index is 13.0. The highest BCUT2D eigenvalue weighted by Crippen LogP contribution is 2.38. The number of phosphoric acid groups is 1. The Morgan fingerprint density at radius 2 is 0.775 bits per heavy atom. The van der Waals surface area contributed by atoms with Crippen LogP contribution in [0, 0.1) is 0 Å². The van der Waals surface area contributed by atoms with Crippen molar-refractivity contribution in [1.82, 2.24) is 5.32 Å². The van der Waals surface area contributed by atoms with Gasteiger partial charge in [0.2, 0.25) is 5.91 Å². The van der Waals surface area contributed by atoms with Crippen LogP contribution < -0.4 is 10.2 Å². The van der Waals surface area contributed by atoms with Crippen LogP contribution in [0.4, 0.5) is 0 Å². The summed E-state index contributed by atoms with van der Waals surface area (Å²) in [6.45, 7) is 4.70. The maximum atomic E-state index is 13.0. The number of carbonyl (C=O) groups excluding carboxylic acids is 1. The molecule has 0 aromatic heterocycles. The van der Waals surface area contributed by atoms with Crippen molar-refractivity contribution in [1.29, 1.82) is 0 Å². The number of nitrogens with one attached hydrogen (secondary N) is 1. The Bertz CT molecular complexity index is 1210. The van der Waals surface area contributed by atoms with E-state index >= 15 is 0 Å². The van der Waals surface area contributed by atoms with Crippen LogP contribution >= 0.6 is 7.82 Å². The van der Waals surface area contributed by atoms with Gasteiger partial charge in [0.05, 0.1) is 39.9 Å². The molecule has 9 heteroatoms. The van der Waals surface area contributed by atoms with Crippen molar-refractivity contribution in [2.24, 2.45) is 0 Å². The van der Waals surface area contributed by atoms with E-state index in [1.807, 2.05) is 27.2 Å². The zero-order valence-corrected chi connectivity index (χ0v) is 49.1. The van der Waals surface area contributed by atoms with Crippen molar-refractivity contribution in [2.75, 3.05) is 40.9 Å². The quantitative estimate of drug-likeness (QED) is 0.0272. The van der Waals surface area contributed by atoms with Gasteiger partial charge in [0.25, 0.3) is 7.82 Å². The van der Waals surface area contributed by atoms with Crippen molar-refractivity contribution < 1.29 is 32.9 Å². The summed E-state index contributed by atoms with van der Waals surface area (Å²) in [5.41, 5.74) is 0. The molecule has 0 aromatic rings. The molecule has 8 nitrogen and oxygen atoms in total. The molecule has 0 aliphatic heterocycles. The van der Waals surface area contributed by atoms with Crippen LogP contribution in [0.5, 0.6) is 0 Å². The second kappa shape index (κ2) is 53.8. The molecule has 0 aromatic carbocycles. The Hall–Kier alpha value is -1.02. The second-order valence-corrected chi connectivity index (χ2v) is 24.2. The van der Waals surface area contributed by atoms with Crippen LogP contribution in [0.1, 0.15) is 316 Å². The normalized spacial score (nSPS) is 14.0. The van der Waals surface area contributed by atoms with E-state index in [4.69, 9.17) is 9.05 Å². The van der Waals surface area contributed by atoms with Crippen molar-refractivity contribution >= 4 is 13.7 Å². The molecule has 71 heavy (non-hydrogen) atoms. The highest BCUT2D eigenvalue weighted by atomic mass is 31.2. The first-order chi connectivity index (χ1) is 34.5. The van der Waals surface area contributed by atoms with Crippen molar-refractivity contribution in [3.63, 3.8) is 0 Å². The van der Waals surface area contributed by atoms with Gasteiger partial charge in [-0.1, -0.05) is 289 Å². The highest BCUT2D eigenvalue weighted by molar-refractivity contribution is 7.45. The molecule has 0 rings (SSSR count). The number of aliphatic hydroxyl groups excluding tert-OH is 1. The average molecular weight is 1020 g/mol. The van der Waals surface area contributed by atoms with Gasteiger partial charge >= 0.3 is 0 Å². The molecule has 0 heterocycles. The summed E-state index contributed by atoms with van der Waals surface area (Å²) in [7, 11) is 1.27. The molecule has 1 amide bonds. The van der Waals surface area contributed by atoms with E-state index in [1.54, 1.807) is 6.08 Å². The number of unbranched alkanes of at least 4 members (excludes halogenated alkanes) is 43. The van der Waals surface area contributed by atoms with Crippen LogP contribution in [0.25, 0.3) is 0 Å². The first-order valence-electron chi connectivity index (χ1n) is 31.2. The Labute approximate surface area is 443 Å². The van der Waals surface area contributed by atoms with E-state index in [2.05, 4.69) is 31.3 Å². The molecule has 3 atom stereocenters. The van der Waals surface area contributed by atoms with E-state index in [0.717, 1.165) is 38.5 Å². The highest BCUT2D eigenvalue weighted by Gasteiger charge is 2.23. The topological polar surface area (TPSA) is 108 Å². The number of hydrogen-bond acceptors (Lipinski definition) is 6. The fourth-order valence-corrected chi connectivity index (χ4v) is 10.2. The third-order valence-electron chi connectivity index (χ3n) is 14.4. The lowest BCUT2D eigenvalue weighted by Gasteiger charge is -2.29. The second-order valence-electron chi connectivity index (χ2n) is 22.8. The third kappa shape index (κ3) is 56.5. The van der Waals surface area contributed by atoms with Gasteiger partial charge in [-0.15, -0.1) is 0 Å². The van der Waals surface area contributed by atoms with Gasteiger partial charge in [-0.25, -0.2) is 0 Å². The number of amides is 1. The molecule has 0 radical (unpaired) electrons. The maximum Gasteiger partial charge on any atom is 0.268 e. The largest absolute Gasteiger partial charge is 0.756 e. The molecular weight excluding hydrogens is 900 g/mol. The van der Waals surface area contributed by atoms with Gasteiger partial charge in [0.1, 0.15) is 13.2 Å². The molecule has 3 unspecified atom stereocenters. The van der Waals surface area contributed by atoms with Crippen LogP contribution in [-0.4, -0.2) is 68.5 Å². The Morgan fingerprint density at radius 3 is 1.10 bits per heavy atom. The zero-order valence-electron chi connectivity index (χ0n) is 48.2. The van der Waals surface area contributed by atoms with Crippen molar-refractivity contribution in [3.05, 3.63) is 24.3 Å². The lowest BCUT2D eigenvalue weighted by atomic mass is 10.0. The van der Waals surface area contributed by atoms with Crippen LogP contribution in [0.15, 0.2) is 24.3 Å². The number of phosphoric ester groups is 1. The lowest BCUT2D eigenvalue weighted by molar-refractivity contribution is -0.870. The molecule has 0 saturated heterocycles.